The summed E-state index contributed by atoms with van der Waals surface area (Å²) in [5.41, 5.74) is 0.744. The van der Waals surface area contributed by atoms with Gasteiger partial charge in [-0.05, 0) is 68.9 Å². The molecule has 1 amide bonds. The second kappa shape index (κ2) is 9.30. The molecule has 1 aliphatic carbocycles. The first-order chi connectivity index (χ1) is 16.4. The fraction of sp³-hybridized carbons (Fsp3) is 0.500. The molecule has 2 fully saturated rings. The smallest absolute Gasteiger partial charge is 0.243 e. The molecule has 1 N–H and O–H groups in total. The van der Waals surface area contributed by atoms with E-state index >= 15 is 0 Å². The zero-order chi connectivity index (χ0) is 23.8. The molecule has 0 aromatic heterocycles. The van der Waals surface area contributed by atoms with Crippen molar-refractivity contribution in [3.8, 4) is 5.75 Å². The lowest BCUT2D eigenvalue weighted by Crippen LogP contribution is -2.49. The van der Waals surface area contributed by atoms with Crippen molar-refractivity contribution in [2.75, 3.05) is 13.1 Å². The van der Waals surface area contributed by atoms with Crippen LogP contribution < -0.4 is 10.1 Å². The molecule has 182 valence electrons. The van der Waals surface area contributed by atoms with E-state index in [2.05, 4.69) is 5.32 Å². The number of ether oxygens (including phenoxy) is 1. The van der Waals surface area contributed by atoms with Gasteiger partial charge < -0.3 is 10.1 Å². The van der Waals surface area contributed by atoms with Gasteiger partial charge in [-0.25, -0.2) is 12.8 Å². The van der Waals surface area contributed by atoms with E-state index in [-0.39, 0.29) is 29.0 Å². The van der Waals surface area contributed by atoms with Crippen LogP contribution in [0.25, 0.3) is 0 Å². The number of halogens is 1. The minimum atomic E-state index is -3.78. The first-order valence-corrected chi connectivity index (χ1v) is 13.6. The van der Waals surface area contributed by atoms with E-state index in [9.17, 15) is 17.6 Å². The quantitative estimate of drug-likeness (QED) is 0.687. The molecule has 0 bridgehead atoms. The van der Waals surface area contributed by atoms with E-state index in [1.165, 1.54) is 22.9 Å². The molecule has 1 spiro atoms. The van der Waals surface area contributed by atoms with Crippen LogP contribution in [0.2, 0.25) is 0 Å². The number of hydrogen-bond donors (Lipinski definition) is 1. The molecule has 2 aromatic rings. The van der Waals surface area contributed by atoms with E-state index in [1.807, 2.05) is 24.3 Å². The summed E-state index contributed by atoms with van der Waals surface area (Å²) in [5, 5.41) is 3.25. The predicted molar refractivity (Wildman–Crippen MR) is 126 cm³/mol. The molecule has 2 unspecified atom stereocenters. The number of carbonyl (C=O) groups excluding carboxylic acids is 1. The first-order valence-electron chi connectivity index (χ1n) is 12.2. The second-order valence-electron chi connectivity index (χ2n) is 9.80. The van der Waals surface area contributed by atoms with Crippen molar-refractivity contribution in [3.63, 3.8) is 0 Å². The van der Waals surface area contributed by atoms with Gasteiger partial charge in [0, 0.05) is 25.1 Å². The molecule has 2 heterocycles. The standard InChI is InChI=1S/C26H31FN2O4S/c27-20-10-12-21(13-11-20)34(31,32)29-16-6-7-19(18-29)25(30)28-23-17-26(14-4-1-5-15-26)33-24-9-3-2-8-22(23)24/h2-3,8-13,19,23H,1,4-7,14-18H2,(H,28,30). The first kappa shape index (κ1) is 23.3. The van der Waals surface area contributed by atoms with Gasteiger partial charge in [-0.2, -0.15) is 4.31 Å². The summed E-state index contributed by atoms with van der Waals surface area (Å²) < 4.78 is 47.3. The van der Waals surface area contributed by atoms with E-state index in [0.717, 1.165) is 55.5 Å². The molecule has 0 radical (unpaired) electrons. The highest BCUT2D eigenvalue weighted by Crippen LogP contribution is 2.46. The van der Waals surface area contributed by atoms with Crippen LogP contribution in [0.4, 0.5) is 4.39 Å². The van der Waals surface area contributed by atoms with Crippen molar-refractivity contribution in [2.45, 2.75) is 67.9 Å². The molecule has 2 aromatic carbocycles. The summed E-state index contributed by atoms with van der Waals surface area (Å²) in [6.07, 6.45) is 7.42. The van der Waals surface area contributed by atoms with Gasteiger partial charge >= 0.3 is 0 Å². The van der Waals surface area contributed by atoms with Crippen molar-refractivity contribution >= 4 is 15.9 Å². The second-order valence-corrected chi connectivity index (χ2v) is 11.7. The van der Waals surface area contributed by atoms with Gasteiger partial charge in [0.2, 0.25) is 15.9 Å². The van der Waals surface area contributed by atoms with Gasteiger partial charge in [0.1, 0.15) is 17.2 Å². The Hall–Kier alpha value is -2.45. The van der Waals surface area contributed by atoms with Crippen LogP contribution in [0, 0.1) is 11.7 Å². The minimum Gasteiger partial charge on any atom is -0.487 e. The monoisotopic (exact) mass is 486 g/mol. The fourth-order valence-electron chi connectivity index (χ4n) is 5.67. The van der Waals surface area contributed by atoms with E-state index < -0.39 is 21.8 Å². The lowest BCUT2D eigenvalue weighted by molar-refractivity contribution is -0.127. The van der Waals surface area contributed by atoms with Gasteiger partial charge in [0.15, 0.2) is 0 Å². The number of fused-ring (bicyclic) bond motifs is 1. The molecular formula is C26H31FN2O4S. The van der Waals surface area contributed by atoms with E-state index in [1.54, 1.807) is 0 Å². The maximum atomic E-state index is 13.4. The van der Waals surface area contributed by atoms with Gasteiger partial charge in [-0.15, -0.1) is 0 Å². The molecule has 8 heteroatoms. The Morgan fingerprint density at radius 2 is 1.76 bits per heavy atom. The fourth-order valence-corrected chi connectivity index (χ4v) is 7.19. The van der Waals surface area contributed by atoms with Crippen LogP contribution >= 0.6 is 0 Å². The highest BCUT2D eigenvalue weighted by molar-refractivity contribution is 7.89. The number of nitrogens with zero attached hydrogens (tertiary/aromatic N) is 1. The number of benzene rings is 2. The molecule has 5 rings (SSSR count). The van der Waals surface area contributed by atoms with Gasteiger partial charge in [-0.3, -0.25) is 4.79 Å². The molecule has 34 heavy (non-hydrogen) atoms. The molecule has 2 aliphatic heterocycles. The Morgan fingerprint density at radius 1 is 1.03 bits per heavy atom. The van der Waals surface area contributed by atoms with Crippen molar-refractivity contribution in [3.05, 3.63) is 59.9 Å². The Bertz CT molecular complexity index is 1150. The van der Waals surface area contributed by atoms with Crippen molar-refractivity contribution in [2.24, 2.45) is 5.92 Å². The summed E-state index contributed by atoms with van der Waals surface area (Å²) in [6, 6.07) is 12.6. The number of hydrogen-bond acceptors (Lipinski definition) is 4. The van der Waals surface area contributed by atoms with Crippen molar-refractivity contribution in [1.29, 1.82) is 0 Å². The number of sulfonamides is 1. The topological polar surface area (TPSA) is 75.7 Å². The Kier molecular flexibility index (Phi) is 6.37. The zero-order valence-electron chi connectivity index (χ0n) is 19.2. The van der Waals surface area contributed by atoms with E-state index in [4.69, 9.17) is 4.74 Å². The Balaban J connectivity index is 1.32. The van der Waals surface area contributed by atoms with Crippen LogP contribution in [0.15, 0.2) is 53.4 Å². The minimum absolute atomic E-state index is 0.0487. The molecule has 2 atom stereocenters. The predicted octanol–water partition coefficient (Wildman–Crippen LogP) is 4.57. The zero-order valence-corrected chi connectivity index (χ0v) is 20.0. The number of nitrogens with one attached hydrogen (secondary N) is 1. The Morgan fingerprint density at radius 3 is 2.53 bits per heavy atom. The van der Waals surface area contributed by atoms with Crippen LogP contribution in [0.5, 0.6) is 5.75 Å². The van der Waals surface area contributed by atoms with Gasteiger partial charge in [0.25, 0.3) is 0 Å². The highest BCUT2D eigenvalue weighted by Gasteiger charge is 2.43. The average Bonchev–Trinajstić information content (AvgIpc) is 2.85. The summed E-state index contributed by atoms with van der Waals surface area (Å²) >= 11 is 0. The van der Waals surface area contributed by atoms with Crippen LogP contribution in [-0.2, 0) is 14.8 Å². The number of carbonyl (C=O) groups is 1. The largest absolute Gasteiger partial charge is 0.487 e. The maximum Gasteiger partial charge on any atom is 0.243 e. The SMILES string of the molecule is O=C(NC1CC2(CCCCC2)Oc2ccccc21)C1CCCN(S(=O)(=O)c2ccc(F)cc2)C1. The molecular weight excluding hydrogens is 455 g/mol. The lowest BCUT2D eigenvalue weighted by atomic mass is 9.77. The summed E-state index contributed by atoms with van der Waals surface area (Å²) in [6.45, 7) is 0.480. The Labute approximate surface area is 200 Å². The normalized spacial score (nSPS) is 24.7. The number of piperidine rings is 1. The number of rotatable bonds is 4. The van der Waals surface area contributed by atoms with Crippen LogP contribution in [0.1, 0.15) is 63.0 Å². The molecule has 3 aliphatic rings. The van der Waals surface area contributed by atoms with E-state index in [0.29, 0.717) is 19.4 Å². The van der Waals surface area contributed by atoms with Crippen LogP contribution in [-0.4, -0.2) is 37.3 Å². The van der Waals surface area contributed by atoms with Crippen molar-refractivity contribution in [1.82, 2.24) is 9.62 Å². The average molecular weight is 487 g/mol. The summed E-state index contributed by atoms with van der Waals surface area (Å²) in [4.78, 5) is 13.4. The summed E-state index contributed by atoms with van der Waals surface area (Å²) in [5.74, 6) is -0.194. The summed E-state index contributed by atoms with van der Waals surface area (Å²) in [7, 11) is -3.78. The number of para-hydroxylation sites is 1. The maximum absolute atomic E-state index is 13.4. The molecule has 6 nitrogen and oxygen atoms in total. The van der Waals surface area contributed by atoms with Gasteiger partial charge in [-0.1, -0.05) is 24.6 Å². The molecule has 1 saturated carbocycles. The third-order valence-electron chi connectivity index (χ3n) is 7.48. The van der Waals surface area contributed by atoms with Crippen LogP contribution in [0.3, 0.4) is 0 Å². The highest BCUT2D eigenvalue weighted by atomic mass is 32.2. The third-order valence-corrected chi connectivity index (χ3v) is 9.36. The van der Waals surface area contributed by atoms with Crippen molar-refractivity contribution < 1.29 is 22.3 Å². The van der Waals surface area contributed by atoms with Gasteiger partial charge in [0.05, 0.1) is 16.9 Å². The number of amides is 1. The third kappa shape index (κ3) is 4.58. The lowest BCUT2D eigenvalue weighted by Gasteiger charge is -2.45. The molecule has 1 saturated heterocycles.